The summed E-state index contributed by atoms with van der Waals surface area (Å²) in [6.07, 6.45) is 0. The molecule has 0 amide bonds. The van der Waals surface area contributed by atoms with Gasteiger partial charge in [0.05, 0.1) is 62.3 Å². The van der Waals surface area contributed by atoms with Gasteiger partial charge in [0.2, 0.25) is 0 Å². The molecule has 41 heavy (non-hydrogen) atoms. The maximum atomic E-state index is 12.7. The summed E-state index contributed by atoms with van der Waals surface area (Å²) in [6.45, 7) is -0.0520. The first-order valence-electron chi connectivity index (χ1n) is 10.8. The van der Waals surface area contributed by atoms with E-state index in [0.29, 0.717) is 5.56 Å². The van der Waals surface area contributed by atoms with Crippen molar-refractivity contribution in [3.8, 4) is 17.2 Å². The standard InChI is InChI=1S/C20H28N2O11S3.H2O4S/c1-13-9-14(21)16(29-2)11-19(13)34(23,24)7-5-32-36(27,28)33-6-8-35(25,26)20-12-17(30-3)15(22)10-18(20)31-4;1-5(2,3)4/h9-12H,5-8,21-22H2,1-4H3;(H2,1,2,3,4). The van der Waals surface area contributed by atoms with E-state index < -0.39 is 65.2 Å². The van der Waals surface area contributed by atoms with Gasteiger partial charge in [-0.15, -0.1) is 0 Å². The molecule has 2 aromatic carbocycles. The fraction of sp³-hybridized carbons (Fsp3) is 0.400. The minimum Gasteiger partial charge on any atom is -0.495 e. The first-order chi connectivity index (χ1) is 18.7. The Kier molecular flexibility index (Phi) is 12.6. The zero-order chi connectivity index (χ0) is 31.8. The van der Waals surface area contributed by atoms with Crippen LogP contribution in [0.3, 0.4) is 0 Å². The molecule has 0 atom stereocenters. The van der Waals surface area contributed by atoms with E-state index in [1.807, 2.05) is 0 Å². The van der Waals surface area contributed by atoms with E-state index in [4.69, 9.17) is 43.2 Å². The second-order valence-electron chi connectivity index (χ2n) is 7.74. The summed E-state index contributed by atoms with van der Waals surface area (Å²) in [5.41, 5.74) is 12.2. The Morgan fingerprint density at radius 3 is 1.41 bits per heavy atom. The summed E-state index contributed by atoms with van der Waals surface area (Å²) in [6, 6.07) is 5.05. The Hall–Kier alpha value is -2.92. The molecule has 2 rings (SSSR count). The topological polar surface area (TPSA) is 275 Å². The van der Waals surface area contributed by atoms with Crippen molar-refractivity contribution in [2.45, 2.75) is 16.7 Å². The van der Waals surface area contributed by atoms with Gasteiger partial charge < -0.3 is 25.7 Å². The van der Waals surface area contributed by atoms with E-state index >= 15 is 0 Å². The van der Waals surface area contributed by atoms with Crippen molar-refractivity contribution < 1.29 is 65.4 Å². The highest BCUT2D eigenvalue weighted by atomic mass is 32.3. The maximum absolute atomic E-state index is 12.7. The molecule has 0 fully saturated rings. The average Bonchev–Trinajstić information content (AvgIpc) is 2.82. The summed E-state index contributed by atoms with van der Waals surface area (Å²) in [5.74, 6) is -1.30. The fourth-order valence-electron chi connectivity index (χ4n) is 3.09. The van der Waals surface area contributed by atoms with Gasteiger partial charge in [0, 0.05) is 18.2 Å². The lowest BCUT2D eigenvalue weighted by Crippen LogP contribution is -2.21. The van der Waals surface area contributed by atoms with Crippen molar-refractivity contribution in [3.05, 3.63) is 29.8 Å². The molecule has 6 N–H and O–H groups in total. The number of anilines is 2. The van der Waals surface area contributed by atoms with Gasteiger partial charge in [-0.05, 0) is 18.6 Å². The minimum atomic E-state index is -4.71. The Morgan fingerprint density at radius 1 is 0.634 bits per heavy atom. The molecule has 0 aromatic heterocycles. The number of aryl methyl sites for hydroxylation is 1. The largest absolute Gasteiger partial charge is 0.495 e. The van der Waals surface area contributed by atoms with Crippen LogP contribution in [0.5, 0.6) is 17.2 Å². The SMILES string of the molecule is COc1cc(S(=O)(=O)CCOS(=O)(=O)OCCS(=O)(=O)c2cc(OC)c(N)cc2OC)c(C)cc1N.O=S(=O)(O)O. The van der Waals surface area contributed by atoms with E-state index in [1.165, 1.54) is 46.5 Å². The molecule has 0 aliphatic rings. The third-order valence-electron chi connectivity index (χ3n) is 4.87. The van der Waals surface area contributed by atoms with Crippen LogP contribution in [0.25, 0.3) is 0 Å². The Bertz CT molecular complexity index is 1650. The number of rotatable bonds is 13. The van der Waals surface area contributed by atoms with Gasteiger partial charge in [0.1, 0.15) is 22.1 Å². The molecule has 17 nitrogen and oxygen atoms in total. The number of sulfone groups is 2. The van der Waals surface area contributed by atoms with Gasteiger partial charge in [-0.3, -0.25) is 9.11 Å². The number of hydrogen-bond donors (Lipinski definition) is 4. The van der Waals surface area contributed by atoms with Crippen molar-refractivity contribution in [2.75, 3.05) is 57.5 Å². The van der Waals surface area contributed by atoms with Gasteiger partial charge in [-0.2, -0.15) is 16.8 Å². The Balaban J connectivity index is 0.00000154. The second-order valence-corrected chi connectivity index (χ2v) is 14.1. The first-order valence-corrected chi connectivity index (χ1v) is 16.9. The van der Waals surface area contributed by atoms with Crippen molar-refractivity contribution in [1.29, 1.82) is 0 Å². The number of nitrogens with two attached hydrogens (primary N) is 2. The predicted octanol–water partition coefficient (Wildman–Crippen LogP) is 0.0580. The second kappa shape index (κ2) is 14.3. The highest BCUT2D eigenvalue weighted by Gasteiger charge is 2.25. The van der Waals surface area contributed by atoms with Crippen LogP contribution in [0, 0.1) is 6.92 Å². The van der Waals surface area contributed by atoms with Crippen molar-refractivity contribution in [2.24, 2.45) is 0 Å². The molecule has 0 radical (unpaired) electrons. The van der Waals surface area contributed by atoms with Crippen molar-refractivity contribution >= 4 is 51.8 Å². The first kappa shape index (κ1) is 36.1. The molecule has 2 aromatic rings. The van der Waals surface area contributed by atoms with Crippen LogP contribution in [0.4, 0.5) is 11.4 Å². The molecule has 0 heterocycles. The summed E-state index contributed by atoms with van der Waals surface area (Å²) >= 11 is 0. The smallest absolute Gasteiger partial charge is 0.399 e. The highest BCUT2D eigenvalue weighted by molar-refractivity contribution is 7.92. The number of methoxy groups -OCH3 is 3. The van der Waals surface area contributed by atoms with Gasteiger partial charge in [-0.1, -0.05) is 0 Å². The molecule has 0 aliphatic heterocycles. The van der Waals surface area contributed by atoms with E-state index in [-0.39, 0.29) is 38.4 Å². The third kappa shape index (κ3) is 11.5. The molecule has 0 unspecified atom stereocenters. The molecule has 0 spiro atoms. The lowest BCUT2D eigenvalue weighted by Gasteiger charge is -2.13. The van der Waals surface area contributed by atoms with Crippen LogP contribution in [0.15, 0.2) is 34.1 Å². The van der Waals surface area contributed by atoms with E-state index in [9.17, 15) is 25.3 Å². The van der Waals surface area contributed by atoms with E-state index in [0.717, 1.165) is 6.07 Å². The summed E-state index contributed by atoms with van der Waals surface area (Å²) in [7, 11) is -13.6. The molecule has 0 bridgehead atoms. The lowest BCUT2D eigenvalue weighted by molar-refractivity contribution is 0.232. The maximum Gasteiger partial charge on any atom is 0.399 e. The van der Waals surface area contributed by atoms with Gasteiger partial charge in [0.15, 0.2) is 19.7 Å². The molecular formula is C20H30N2O15S4. The number of nitrogen functional groups attached to an aromatic ring is 2. The quantitative estimate of drug-likeness (QED) is 0.162. The van der Waals surface area contributed by atoms with Crippen LogP contribution in [-0.4, -0.2) is 88.8 Å². The number of ether oxygens (including phenoxy) is 3. The average molecular weight is 667 g/mol. The lowest BCUT2D eigenvalue weighted by atomic mass is 10.2. The highest BCUT2D eigenvalue weighted by Crippen LogP contribution is 2.34. The monoisotopic (exact) mass is 666 g/mol. The summed E-state index contributed by atoms with van der Waals surface area (Å²) in [5, 5.41) is 0. The van der Waals surface area contributed by atoms with Crippen LogP contribution >= 0.6 is 0 Å². The van der Waals surface area contributed by atoms with E-state index in [1.54, 1.807) is 0 Å². The molecule has 234 valence electrons. The zero-order valence-electron chi connectivity index (χ0n) is 22.1. The Morgan fingerprint density at radius 2 is 1.00 bits per heavy atom. The molecule has 21 heteroatoms. The normalized spacial score (nSPS) is 12.2. The molecular weight excluding hydrogens is 636 g/mol. The van der Waals surface area contributed by atoms with Gasteiger partial charge in [0.25, 0.3) is 0 Å². The van der Waals surface area contributed by atoms with Crippen LogP contribution in [0.1, 0.15) is 5.56 Å². The van der Waals surface area contributed by atoms with Gasteiger partial charge in [-0.25, -0.2) is 25.2 Å². The van der Waals surface area contributed by atoms with Gasteiger partial charge >= 0.3 is 20.8 Å². The molecule has 0 aliphatic carbocycles. The zero-order valence-corrected chi connectivity index (χ0v) is 25.4. The Labute approximate surface area is 238 Å². The number of benzene rings is 2. The fourth-order valence-corrected chi connectivity index (χ4v) is 6.56. The minimum absolute atomic E-state index is 0.0628. The van der Waals surface area contributed by atoms with Crippen molar-refractivity contribution in [3.63, 3.8) is 0 Å². The van der Waals surface area contributed by atoms with Crippen LogP contribution in [-0.2, 0) is 48.8 Å². The van der Waals surface area contributed by atoms with Crippen molar-refractivity contribution in [1.82, 2.24) is 0 Å². The summed E-state index contributed by atoms with van der Waals surface area (Å²) in [4.78, 5) is -0.382. The third-order valence-corrected chi connectivity index (χ3v) is 9.29. The van der Waals surface area contributed by atoms with E-state index in [2.05, 4.69) is 8.37 Å². The predicted molar refractivity (Wildman–Crippen MR) is 145 cm³/mol. The molecule has 0 saturated carbocycles. The van der Waals surface area contributed by atoms with Crippen LogP contribution < -0.4 is 25.7 Å². The number of hydrogen-bond acceptors (Lipinski definition) is 15. The van der Waals surface area contributed by atoms with Crippen LogP contribution in [0.2, 0.25) is 0 Å². The summed E-state index contributed by atoms with van der Waals surface area (Å²) < 4.78 is 131. The molecule has 0 saturated heterocycles.